The molecule has 25 heavy (non-hydrogen) atoms. The van der Waals surface area contributed by atoms with Crippen LogP contribution in [0.2, 0.25) is 0 Å². The molecule has 0 spiro atoms. The van der Waals surface area contributed by atoms with E-state index in [9.17, 15) is 10.0 Å². The van der Waals surface area contributed by atoms with Gasteiger partial charge in [0, 0.05) is 29.3 Å². The number of nitrogens with zero attached hydrogens (tertiary/aromatic N) is 2. The number of methoxy groups -OCH3 is 1. The number of allylic oxidation sites excluding steroid dienone is 3. The van der Waals surface area contributed by atoms with Crippen molar-refractivity contribution in [1.82, 2.24) is 10.0 Å². The van der Waals surface area contributed by atoms with Gasteiger partial charge in [-0.3, -0.25) is 9.78 Å². The molecule has 0 unspecified atom stereocenters. The molecule has 0 saturated carbocycles. The fourth-order valence-electron chi connectivity index (χ4n) is 3.65. The quantitative estimate of drug-likeness (QED) is 0.803. The molecular weight excluding hydrogens is 316 g/mol. The Morgan fingerprint density at radius 1 is 1.32 bits per heavy atom. The average Bonchev–Trinajstić information content (AvgIpc) is 2.66. The van der Waals surface area contributed by atoms with Crippen LogP contribution in [0.25, 0.3) is 10.9 Å². The molecule has 1 fully saturated rings. The van der Waals surface area contributed by atoms with Gasteiger partial charge in [-0.2, -0.15) is 0 Å². The van der Waals surface area contributed by atoms with Gasteiger partial charge in [0.05, 0.1) is 12.6 Å². The highest BCUT2D eigenvalue weighted by atomic mass is 16.5. The van der Waals surface area contributed by atoms with Gasteiger partial charge in [0.15, 0.2) is 5.78 Å². The van der Waals surface area contributed by atoms with Crippen molar-refractivity contribution in [2.24, 2.45) is 5.92 Å². The van der Waals surface area contributed by atoms with Gasteiger partial charge in [-0.25, -0.2) is 0 Å². The highest BCUT2D eigenvalue weighted by Crippen LogP contribution is 2.34. The van der Waals surface area contributed by atoms with Crippen LogP contribution >= 0.6 is 0 Å². The van der Waals surface area contributed by atoms with Gasteiger partial charge in [0.25, 0.3) is 0 Å². The highest BCUT2D eigenvalue weighted by Gasteiger charge is 2.26. The number of Topliss-reactive ketones (excluding diaryl/α,β-unsaturated/α-hetero) is 1. The van der Waals surface area contributed by atoms with Crippen LogP contribution in [0.15, 0.2) is 53.8 Å². The molecule has 5 heteroatoms. The van der Waals surface area contributed by atoms with E-state index in [1.54, 1.807) is 19.4 Å². The monoisotopic (exact) mass is 335 g/mol. The van der Waals surface area contributed by atoms with Crippen LogP contribution in [0.4, 0.5) is 0 Å². The van der Waals surface area contributed by atoms with Gasteiger partial charge in [-0.05, 0) is 49.6 Å². The molecule has 4 rings (SSSR count). The third-order valence-corrected chi connectivity index (χ3v) is 5.06. The number of ether oxygens (including phenoxy) is 1. The molecule has 1 saturated heterocycles. The Labute approximate surface area is 146 Å². The van der Waals surface area contributed by atoms with Crippen molar-refractivity contribution in [1.29, 1.82) is 0 Å². The fourth-order valence-corrected chi connectivity index (χ4v) is 3.65. The maximum atomic E-state index is 13.1. The molecule has 0 bridgehead atoms. The lowest BCUT2D eigenvalue weighted by atomic mass is 9.80. The number of carbonyl (C=O) groups excluding carboxylic acids is 1. The number of hydrogen-bond donors (Lipinski definition) is 0. The molecule has 0 amide bonds. The molecule has 0 N–H and O–H groups in total. The first-order valence-electron chi connectivity index (χ1n) is 8.45. The van der Waals surface area contributed by atoms with Crippen molar-refractivity contribution < 1.29 is 9.53 Å². The van der Waals surface area contributed by atoms with Crippen LogP contribution in [0.5, 0.6) is 5.75 Å². The van der Waals surface area contributed by atoms with Crippen LogP contribution in [-0.2, 0) is 0 Å². The number of ketones is 1. The molecule has 1 atom stereocenters. The summed E-state index contributed by atoms with van der Waals surface area (Å²) in [4.78, 5) is 17.5. The molecule has 1 aromatic carbocycles. The largest absolute Gasteiger partial charge is 0.785 e. The lowest BCUT2D eigenvalue weighted by molar-refractivity contribution is 0.102. The first kappa shape index (κ1) is 16.0. The summed E-state index contributed by atoms with van der Waals surface area (Å²) in [6.07, 6.45) is 7.01. The summed E-state index contributed by atoms with van der Waals surface area (Å²) >= 11 is 0. The van der Waals surface area contributed by atoms with Gasteiger partial charge in [0.1, 0.15) is 5.75 Å². The van der Waals surface area contributed by atoms with E-state index in [2.05, 4.69) is 4.98 Å². The Balaban J connectivity index is 1.71. The molecule has 2 aromatic rings. The molecule has 0 radical (unpaired) electrons. The smallest absolute Gasteiger partial charge is 0.189 e. The van der Waals surface area contributed by atoms with Gasteiger partial charge >= 0.3 is 0 Å². The Morgan fingerprint density at radius 2 is 2.20 bits per heavy atom. The van der Waals surface area contributed by atoms with E-state index in [0.717, 1.165) is 33.5 Å². The first-order chi connectivity index (χ1) is 12.2. The normalized spacial score (nSPS) is 20.6. The van der Waals surface area contributed by atoms with Crippen molar-refractivity contribution in [3.63, 3.8) is 0 Å². The number of benzene rings is 1. The number of hydrogen-bond acceptors (Lipinski definition) is 5. The van der Waals surface area contributed by atoms with Crippen molar-refractivity contribution >= 4 is 16.7 Å². The third kappa shape index (κ3) is 2.97. The van der Waals surface area contributed by atoms with E-state index in [0.29, 0.717) is 36.7 Å². The molecule has 5 nitrogen and oxygen atoms in total. The van der Waals surface area contributed by atoms with E-state index < -0.39 is 0 Å². The molecule has 2 heterocycles. The number of hydroxylamine groups is 2. The number of fused-ring (bicyclic) bond motifs is 2. The summed E-state index contributed by atoms with van der Waals surface area (Å²) in [7, 11) is 1.61. The van der Waals surface area contributed by atoms with Gasteiger partial charge in [-0.15, -0.1) is 0 Å². The summed E-state index contributed by atoms with van der Waals surface area (Å²) < 4.78 is 5.29. The summed E-state index contributed by atoms with van der Waals surface area (Å²) in [6, 6.07) is 7.33. The average molecular weight is 335 g/mol. The minimum Gasteiger partial charge on any atom is -0.785 e. The number of piperidine rings is 1. The molecule has 1 aliphatic carbocycles. The second kappa shape index (κ2) is 6.43. The van der Waals surface area contributed by atoms with E-state index in [-0.39, 0.29) is 5.78 Å². The van der Waals surface area contributed by atoms with Crippen molar-refractivity contribution in [2.45, 2.75) is 12.8 Å². The minimum absolute atomic E-state index is 0.0282. The van der Waals surface area contributed by atoms with E-state index in [4.69, 9.17) is 4.74 Å². The number of aromatic nitrogens is 1. The van der Waals surface area contributed by atoms with Crippen LogP contribution in [0.1, 0.15) is 23.2 Å². The molecule has 2 aliphatic rings. The van der Waals surface area contributed by atoms with E-state index in [1.165, 1.54) is 0 Å². The second-order valence-corrected chi connectivity index (χ2v) is 6.56. The number of pyridine rings is 1. The molecule has 1 aromatic heterocycles. The second-order valence-electron chi connectivity index (χ2n) is 6.56. The summed E-state index contributed by atoms with van der Waals surface area (Å²) in [5, 5.41) is 13.4. The molecular formula is C20H19N2O3-. The lowest BCUT2D eigenvalue weighted by Gasteiger charge is -2.39. The van der Waals surface area contributed by atoms with Crippen LogP contribution in [0, 0.1) is 11.1 Å². The van der Waals surface area contributed by atoms with Crippen molar-refractivity contribution in [3.8, 4) is 5.75 Å². The van der Waals surface area contributed by atoms with Crippen molar-refractivity contribution in [2.75, 3.05) is 20.2 Å². The zero-order valence-electron chi connectivity index (χ0n) is 14.1. The maximum Gasteiger partial charge on any atom is 0.189 e. The van der Waals surface area contributed by atoms with E-state index >= 15 is 0 Å². The predicted octanol–water partition coefficient (Wildman–Crippen LogP) is 3.50. The highest BCUT2D eigenvalue weighted by molar-refractivity contribution is 6.16. The SMILES string of the molecule is COc1ccc2nccc(C(=O)C3=CC=C4CN([O-])CC[C@H]4C3)c2c1. The van der Waals surface area contributed by atoms with E-state index in [1.807, 2.05) is 30.4 Å². The van der Waals surface area contributed by atoms with Crippen molar-refractivity contribution in [3.05, 3.63) is 64.5 Å². The van der Waals surface area contributed by atoms with Gasteiger partial charge < -0.3 is 15.0 Å². The summed E-state index contributed by atoms with van der Waals surface area (Å²) in [5.74, 6) is 1.04. The first-order valence-corrected chi connectivity index (χ1v) is 8.45. The number of rotatable bonds is 3. The third-order valence-electron chi connectivity index (χ3n) is 5.06. The zero-order valence-corrected chi connectivity index (χ0v) is 14.1. The Morgan fingerprint density at radius 3 is 3.04 bits per heavy atom. The predicted molar refractivity (Wildman–Crippen MR) is 96.5 cm³/mol. The van der Waals surface area contributed by atoms with Crippen LogP contribution in [-0.4, -0.2) is 36.0 Å². The maximum absolute atomic E-state index is 13.1. The topological polar surface area (TPSA) is 65.5 Å². The van der Waals surface area contributed by atoms with Gasteiger partial charge in [-0.1, -0.05) is 17.7 Å². The summed E-state index contributed by atoms with van der Waals surface area (Å²) in [5.41, 5.74) is 3.36. The minimum atomic E-state index is 0.0282. The Bertz CT molecular complexity index is 901. The van der Waals surface area contributed by atoms with Crippen LogP contribution < -0.4 is 4.74 Å². The Hall–Kier alpha value is -2.50. The fraction of sp³-hybridized carbons (Fsp3) is 0.300. The molecule has 128 valence electrons. The Kier molecular flexibility index (Phi) is 4.11. The molecule has 1 aliphatic heterocycles. The van der Waals surface area contributed by atoms with Crippen LogP contribution in [0.3, 0.4) is 0 Å². The summed E-state index contributed by atoms with van der Waals surface area (Å²) in [6.45, 7) is 0.997. The standard InChI is InChI=1S/C20H19N2O3/c1-25-16-4-5-19-18(11-16)17(6-8-21-19)20(23)14-2-3-15-12-22(24)9-7-13(15)10-14/h2-6,8,11,13H,7,9-10,12H2,1H3/q-1/t13-/m0/s1. The number of carbonyl (C=O) groups is 1. The zero-order chi connectivity index (χ0) is 17.4. The van der Waals surface area contributed by atoms with Gasteiger partial charge in [0.2, 0.25) is 0 Å². The lowest BCUT2D eigenvalue weighted by Crippen LogP contribution is -2.32.